The van der Waals surface area contributed by atoms with Crippen LogP contribution < -0.4 is 10.6 Å². The highest BCUT2D eigenvalue weighted by Gasteiger charge is 2.17. The van der Waals surface area contributed by atoms with E-state index in [-0.39, 0.29) is 24.9 Å². The van der Waals surface area contributed by atoms with Crippen LogP contribution in [0.1, 0.15) is 30.0 Å². The van der Waals surface area contributed by atoms with Crippen LogP contribution in [0.5, 0.6) is 0 Å². The van der Waals surface area contributed by atoms with Crippen molar-refractivity contribution >= 4 is 29.9 Å². The van der Waals surface area contributed by atoms with E-state index in [2.05, 4.69) is 15.7 Å². The van der Waals surface area contributed by atoms with Crippen molar-refractivity contribution in [2.75, 3.05) is 19.6 Å². The summed E-state index contributed by atoms with van der Waals surface area (Å²) in [5, 5.41) is 11.6. The van der Waals surface area contributed by atoms with Gasteiger partial charge in [0.25, 0.3) is 0 Å². The van der Waals surface area contributed by atoms with Crippen molar-refractivity contribution in [1.29, 1.82) is 0 Å². The number of hydrogen-bond donors (Lipinski definition) is 2. The third-order valence-electron chi connectivity index (χ3n) is 4.36. The predicted molar refractivity (Wildman–Crippen MR) is 102 cm³/mol. The molecule has 1 aliphatic heterocycles. The summed E-state index contributed by atoms with van der Waals surface area (Å²) in [5.74, 6) is 0.432. The lowest BCUT2D eigenvalue weighted by Crippen LogP contribution is -2.30. The van der Waals surface area contributed by atoms with Crippen LogP contribution in [0.3, 0.4) is 0 Å². The smallest absolute Gasteiger partial charge is 0.241 e. The van der Waals surface area contributed by atoms with Crippen molar-refractivity contribution in [3.05, 3.63) is 52.8 Å². The fourth-order valence-corrected chi connectivity index (χ4v) is 3.26. The van der Waals surface area contributed by atoms with Crippen LogP contribution in [0.25, 0.3) is 0 Å². The lowest BCUT2D eigenvalue weighted by molar-refractivity contribution is -0.121. The second-order valence-corrected chi connectivity index (χ2v) is 6.58. The van der Waals surface area contributed by atoms with Crippen molar-refractivity contribution in [1.82, 2.24) is 20.4 Å². The Balaban J connectivity index is 0.00000225. The SMILES string of the molecule is Cl.O=C(Cn1ccc(C2CCCNC2)n1)NCCc1ccccc1Cl. The average Bonchev–Trinajstić information content (AvgIpc) is 3.06. The number of amides is 1. The van der Waals surface area contributed by atoms with Crippen molar-refractivity contribution in [3.63, 3.8) is 0 Å². The molecule has 1 atom stereocenters. The second-order valence-electron chi connectivity index (χ2n) is 6.17. The number of carbonyl (C=O) groups excluding carboxylic acids is 1. The van der Waals surface area contributed by atoms with Gasteiger partial charge in [-0.2, -0.15) is 5.10 Å². The third-order valence-corrected chi connectivity index (χ3v) is 4.73. The van der Waals surface area contributed by atoms with Crippen LogP contribution >= 0.6 is 24.0 Å². The van der Waals surface area contributed by atoms with Crippen molar-refractivity contribution in [3.8, 4) is 0 Å². The molecule has 136 valence electrons. The maximum absolute atomic E-state index is 12.1. The lowest BCUT2D eigenvalue weighted by Gasteiger charge is -2.20. The Labute approximate surface area is 159 Å². The summed E-state index contributed by atoms with van der Waals surface area (Å²) in [4.78, 5) is 12.1. The highest BCUT2D eigenvalue weighted by atomic mass is 35.5. The molecule has 1 aliphatic rings. The summed E-state index contributed by atoms with van der Waals surface area (Å²) in [6.07, 6.45) is 4.95. The minimum atomic E-state index is -0.0292. The summed E-state index contributed by atoms with van der Waals surface area (Å²) in [6.45, 7) is 2.89. The number of benzene rings is 1. The molecule has 0 spiro atoms. The Bertz CT molecular complexity index is 683. The normalized spacial score (nSPS) is 16.9. The molecule has 7 heteroatoms. The molecular formula is C18H24Cl2N4O. The van der Waals surface area contributed by atoms with Gasteiger partial charge in [0.15, 0.2) is 0 Å². The van der Waals surface area contributed by atoms with Crippen LogP contribution in [0.2, 0.25) is 5.02 Å². The van der Waals surface area contributed by atoms with Gasteiger partial charge >= 0.3 is 0 Å². The maximum Gasteiger partial charge on any atom is 0.241 e. The molecule has 2 N–H and O–H groups in total. The summed E-state index contributed by atoms with van der Waals surface area (Å²) in [5.41, 5.74) is 2.12. The zero-order chi connectivity index (χ0) is 16.8. The number of halogens is 2. The minimum Gasteiger partial charge on any atom is -0.354 e. The number of aromatic nitrogens is 2. The van der Waals surface area contributed by atoms with Gasteiger partial charge in [-0.15, -0.1) is 12.4 Å². The van der Waals surface area contributed by atoms with Gasteiger partial charge in [0, 0.05) is 30.2 Å². The number of carbonyl (C=O) groups is 1. The largest absolute Gasteiger partial charge is 0.354 e. The van der Waals surface area contributed by atoms with E-state index in [1.165, 1.54) is 6.42 Å². The Morgan fingerprint density at radius 1 is 1.36 bits per heavy atom. The van der Waals surface area contributed by atoms with E-state index >= 15 is 0 Å². The van der Waals surface area contributed by atoms with Crippen molar-refractivity contribution in [2.45, 2.75) is 31.7 Å². The predicted octanol–water partition coefficient (Wildman–Crippen LogP) is 2.78. The summed E-state index contributed by atoms with van der Waals surface area (Å²) in [6, 6.07) is 9.72. The number of hydrogen-bond acceptors (Lipinski definition) is 3. The summed E-state index contributed by atoms with van der Waals surface area (Å²) in [7, 11) is 0. The Kier molecular flexibility index (Phi) is 7.75. The van der Waals surface area contributed by atoms with Crippen LogP contribution in [-0.2, 0) is 17.8 Å². The van der Waals surface area contributed by atoms with Crippen LogP contribution in [0, 0.1) is 0 Å². The van der Waals surface area contributed by atoms with E-state index in [9.17, 15) is 4.79 Å². The second kappa shape index (κ2) is 9.80. The minimum absolute atomic E-state index is 0. The van der Waals surface area contributed by atoms with E-state index in [0.717, 1.165) is 42.2 Å². The van der Waals surface area contributed by atoms with Gasteiger partial charge in [0.2, 0.25) is 5.91 Å². The number of nitrogens with zero attached hydrogens (tertiary/aromatic N) is 2. The van der Waals surface area contributed by atoms with E-state index in [0.29, 0.717) is 12.5 Å². The molecule has 0 saturated carbocycles. The molecular weight excluding hydrogens is 359 g/mol. The molecule has 2 aromatic rings. The zero-order valence-electron chi connectivity index (χ0n) is 14.1. The molecule has 1 amide bonds. The average molecular weight is 383 g/mol. The Morgan fingerprint density at radius 2 is 2.20 bits per heavy atom. The van der Waals surface area contributed by atoms with Gasteiger partial charge in [0.05, 0.1) is 5.69 Å². The molecule has 0 radical (unpaired) electrons. The van der Waals surface area contributed by atoms with E-state index in [4.69, 9.17) is 11.6 Å². The highest BCUT2D eigenvalue weighted by Crippen LogP contribution is 2.21. The molecule has 1 aromatic carbocycles. The Morgan fingerprint density at radius 3 is 2.96 bits per heavy atom. The molecule has 1 fully saturated rings. The molecule has 0 bridgehead atoms. The molecule has 3 rings (SSSR count). The summed E-state index contributed by atoms with van der Waals surface area (Å²) >= 11 is 6.11. The van der Waals surface area contributed by atoms with Gasteiger partial charge in [-0.3, -0.25) is 9.48 Å². The van der Waals surface area contributed by atoms with Crippen LogP contribution in [-0.4, -0.2) is 35.3 Å². The van der Waals surface area contributed by atoms with Crippen molar-refractivity contribution in [2.24, 2.45) is 0 Å². The first kappa shape index (κ1) is 19.8. The van der Waals surface area contributed by atoms with E-state index in [1.807, 2.05) is 36.5 Å². The highest BCUT2D eigenvalue weighted by molar-refractivity contribution is 6.31. The molecule has 1 aromatic heterocycles. The molecule has 1 unspecified atom stereocenters. The quantitative estimate of drug-likeness (QED) is 0.807. The standard InChI is InChI=1S/C18H23ClN4O.ClH/c19-16-6-2-1-4-14(16)7-10-21-18(24)13-23-11-8-17(22-23)15-5-3-9-20-12-15;/h1-2,4,6,8,11,15,20H,3,5,7,9-10,12-13H2,(H,21,24);1H. The lowest BCUT2D eigenvalue weighted by atomic mass is 9.97. The fraction of sp³-hybridized carbons (Fsp3) is 0.444. The molecule has 1 saturated heterocycles. The molecule has 0 aliphatic carbocycles. The van der Waals surface area contributed by atoms with Gasteiger partial charge in [-0.25, -0.2) is 0 Å². The van der Waals surface area contributed by atoms with Crippen LogP contribution in [0.4, 0.5) is 0 Å². The Hall–Kier alpha value is -1.56. The fourth-order valence-electron chi connectivity index (χ4n) is 3.03. The zero-order valence-corrected chi connectivity index (χ0v) is 15.7. The number of piperidine rings is 1. The van der Waals surface area contributed by atoms with Crippen LogP contribution in [0.15, 0.2) is 36.5 Å². The van der Waals surface area contributed by atoms with Gasteiger partial charge < -0.3 is 10.6 Å². The summed E-state index contributed by atoms with van der Waals surface area (Å²) < 4.78 is 1.72. The topological polar surface area (TPSA) is 59.0 Å². The maximum atomic E-state index is 12.1. The first-order valence-electron chi connectivity index (χ1n) is 8.46. The van der Waals surface area contributed by atoms with E-state index < -0.39 is 0 Å². The molecule has 2 heterocycles. The number of rotatable bonds is 6. The number of nitrogens with one attached hydrogen (secondary N) is 2. The van der Waals surface area contributed by atoms with Gasteiger partial charge in [0.1, 0.15) is 6.54 Å². The molecule has 25 heavy (non-hydrogen) atoms. The van der Waals surface area contributed by atoms with E-state index in [1.54, 1.807) is 4.68 Å². The first-order chi connectivity index (χ1) is 11.7. The third kappa shape index (κ3) is 5.73. The molecule has 5 nitrogen and oxygen atoms in total. The first-order valence-corrected chi connectivity index (χ1v) is 8.84. The monoisotopic (exact) mass is 382 g/mol. The van der Waals surface area contributed by atoms with Crippen molar-refractivity contribution < 1.29 is 4.79 Å². The van der Waals surface area contributed by atoms with Gasteiger partial charge in [-0.05, 0) is 43.5 Å². The van der Waals surface area contributed by atoms with Gasteiger partial charge in [-0.1, -0.05) is 29.8 Å².